The number of anilines is 1. The number of fused-ring (bicyclic) bond motifs is 2. The van der Waals surface area contributed by atoms with Crippen molar-refractivity contribution >= 4 is 17.8 Å². The molecule has 2 heterocycles. The van der Waals surface area contributed by atoms with Crippen LogP contribution in [-0.4, -0.2) is 21.8 Å². The second-order valence-electron chi connectivity index (χ2n) is 7.85. The van der Waals surface area contributed by atoms with Gasteiger partial charge in [0.25, 0.3) is 0 Å². The monoisotopic (exact) mass is 399 g/mol. The molecule has 2 aromatic carbocycles. The SMILES string of the molecule is O=C1OC2(CCC(C(=O)Nc3ncc(-c4ccccc4)cn3)CC2)c2ccccc21. The molecule has 5 rings (SSSR count). The molecule has 0 unspecified atom stereocenters. The van der Waals surface area contributed by atoms with Gasteiger partial charge in [-0.1, -0.05) is 48.5 Å². The van der Waals surface area contributed by atoms with Gasteiger partial charge in [-0.25, -0.2) is 14.8 Å². The topological polar surface area (TPSA) is 81.2 Å². The van der Waals surface area contributed by atoms with Gasteiger partial charge in [0.15, 0.2) is 0 Å². The number of hydrogen-bond acceptors (Lipinski definition) is 5. The zero-order chi connectivity index (χ0) is 20.6. The van der Waals surface area contributed by atoms with Crippen molar-refractivity contribution in [3.8, 4) is 11.1 Å². The van der Waals surface area contributed by atoms with Gasteiger partial charge in [-0.3, -0.25) is 10.1 Å². The van der Waals surface area contributed by atoms with E-state index < -0.39 is 5.60 Å². The molecule has 1 saturated carbocycles. The van der Waals surface area contributed by atoms with E-state index in [2.05, 4.69) is 15.3 Å². The lowest BCUT2D eigenvalue weighted by Crippen LogP contribution is -2.36. The van der Waals surface area contributed by atoms with Crippen molar-refractivity contribution in [1.82, 2.24) is 9.97 Å². The number of nitrogens with zero attached hydrogens (tertiary/aromatic N) is 2. The first-order valence-corrected chi connectivity index (χ1v) is 10.2. The lowest BCUT2D eigenvalue weighted by molar-refractivity contribution is -0.122. The molecular weight excluding hydrogens is 378 g/mol. The number of carbonyl (C=O) groups is 2. The molecule has 1 spiro atoms. The van der Waals surface area contributed by atoms with Gasteiger partial charge in [-0.15, -0.1) is 0 Å². The molecule has 1 fully saturated rings. The second-order valence-corrected chi connectivity index (χ2v) is 7.85. The molecule has 0 saturated heterocycles. The standard InChI is InChI=1S/C24H21N3O3/c28-21(27-23-25-14-18(15-26-23)16-6-2-1-3-7-16)17-10-12-24(13-11-17)20-9-5-4-8-19(20)22(29)30-24/h1-9,14-15,17H,10-13H2,(H,25,26,27,28). The summed E-state index contributed by atoms with van der Waals surface area (Å²) in [7, 11) is 0. The van der Waals surface area contributed by atoms with Gasteiger partial charge < -0.3 is 4.74 Å². The molecular formula is C24H21N3O3. The Bertz CT molecular complexity index is 1090. The Morgan fingerprint density at radius 2 is 1.60 bits per heavy atom. The molecule has 30 heavy (non-hydrogen) atoms. The van der Waals surface area contributed by atoms with E-state index in [0.29, 0.717) is 37.2 Å². The molecule has 0 atom stereocenters. The van der Waals surface area contributed by atoms with E-state index in [9.17, 15) is 9.59 Å². The van der Waals surface area contributed by atoms with E-state index in [4.69, 9.17) is 4.74 Å². The summed E-state index contributed by atoms with van der Waals surface area (Å²) in [6.45, 7) is 0. The normalized spacial score (nSPS) is 22.4. The highest BCUT2D eigenvalue weighted by molar-refractivity contribution is 5.95. The summed E-state index contributed by atoms with van der Waals surface area (Å²) in [6, 6.07) is 17.4. The van der Waals surface area contributed by atoms with E-state index in [0.717, 1.165) is 16.7 Å². The Balaban J connectivity index is 1.23. The van der Waals surface area contributed by atoms with Crippen LogP contribution in [0.3, 0.4) is 0 Å². The van der Waals surface area contributed by atoms with Crippen LogP contribution < -0.4 is 5.32 Å². The van der Waals surface area contributed by atoms with Crippen molar-refractivity contribution in [3.05, 3.63) is 78.1 Å². The molecule has 3 aromatic rings. The van der Waals surface area contributed by atoms with Gasteiger partial charge in [0.1, 0.15) is 5.60 Å². The average molecular weight is 399 g/mol. The largest absolute Gasteiger partial charge is 0.451 e. The maximum Gasteiger partial charge on any atom is 0.339 e. The smallest absolute Gasteiger partial charge is 0.339 e. The van der Waals surface area contributed by atoms with Crippen molar-refractivity contribution in [2.24, 2.45) is 5.92 Å². The van der Waals surface area contributed by atoms with Crippen LogP contribution in [0, 0.1) is 5.92 Å². The van der Waals surface area contributed by atoms with E-state index >= 15 is 0 Å². The third-order valence-corrected chi connectivity index (χ3v) is 6.08. The fourth-order valence-corrected chi connectivity index (χ4v) is 4.45. The maximum atomic E-state index is 12.7. The minimum atomic E-state index is -0.585. The molecule has 0 radical (unpaired) electrons. The van der Waals surface area contributed by atoms with Crippen molar-refractivity contribution in [1.29, 1.82) is 0 Å². The third-order valence-electron chi connectivity index (χ3n) is 6.08. The number of carbonyl (C=O) groups excluding carboxylic acids is 2. The van der Waals surface area contributed by atoms with Crippen LogP contribution in [0.1, 0.15) is 41.6 Å². The van der Waals surface area contributed by atoms with Gasteiger partial charge >= 0.3 is 5.97 Å². The number of aromatic nitrogens is 2. The first-order valence-electron chi connectivity index (χ1n) is 10.2. The van der Waals surface area contributed by atoms with Crippen molar-refractivity contribution in [2.75, 3.05) is 5.32 Å². The minimum absolute atomic E-state index is 0.0880. The quantitative estimate of drug-likeness (QED) is 0.663. The predicted octanol–water partition coefficient (Wildman–Crippen LogP) is 4.34. The van der Waals surface area contributed by atoms with E-state index in [1.54, 1.807) is 12.4 Å². The molecule has 1 aliphatic carbocycles. The zero-order valence-corrected chi connectivity index (χ0v) is 16.4. The van der Waals surface area contributed by atoms with E-state index in [1.807, 2.05) is 54.6 Å². The van der Waals surface area contributed by atoms with Gasteiger partial charge in [-0.05, 0) is 37.3 Å². The van der Waals surface area contributed by atoms with E-state index in [1.165, 1.54) is 0 Å². The molecule has 150 valence electrons. The molecule has 0 bridgehead atoms. The Morgan fingerprint density at radius 3 is 2.33 bits per heavy atom. The first-order chi connectivity index (χ1) is 14.6. The first kappa shape index (κ1) is 18.5. The van der Waals surface area contributed by atoms with Gasteiger partial charge in [0.05, 0.1) is 5.56 Å². The average Bonchev–Trinajstić information content (AvgIpc) is 3.07. The highest BCUT2D eigenvalue weighted by Crippen LogP contribution is 2.48. The van der Waals surface area contributed by atoms with Gasteiger partial charge in [-0.2, -0.15) is 0 Å². The fraction of sp³-hybridized carbons (Fsp3) is 0.250. The summed E-state index contributed by atoms with van der Waals surface area (Å²) in [4.78, 5) is 33.5. The zero-order valence-electron chi connectivity index (χ0n) is 16.4. The number of rotatable bonds is 3. The Morgan fingerprint density at radius 1 is 0.933 bits per heavy atom. The molecule has 6 nitrogen and oxygen atoms in total. The lowest BCUT2D eigenvalue weighted by atomic mass is 9.75. The molecule has 1 aromatic heterocycles. The van der Waals surface area contributed by atoms with Gasteiger partial charge in [0, 0.05) is 29.4 Å². The Hall–Kier alpha value is -3.54. The maximum absolute atomic E-state index is 12.7. The van der Waals surface area contributed by atoms with Crippen LogP contribution in [-0.2, 0) is 15.1 Å². The number of hydrogen-bond donors (Lipinski definition) is 1. The fourth-order valence-electron chi connectivity index (χ4n) is 4.45. The second kappa shape index (κ2) is 7.37. The lowest BCUT2D eigenvalue weighted by Gasteiger charge is -2.35. The number of nitrogens with one attached hydrogen (secondary N) is 1. The van der Waals surface area contributed by atoms with Crippen LogP contribution in [0.15, 0.2) is 67.0 Å². The predicted molar refractivity (Wildman–Crippen MR) is 112 cm³/mol. The van der Waals surface area contributed by atoms with Crippen molar-refractivity contribution in [3.63, 3.8) is 0 Å². The Kier molecular flexibility index (Phi) is 4.54. The summed E-state index contributed by atoms with van der Waals surface area (Å²) in [5.74, 6) is -0.201. The highest BCUT2D eigenvalue weighted by Gasteiger charge is 2.48. The molecule has 6 heteroatoms. The summed E-state index contributed by atoms with van der Waals surface area (Å²) < 4.78 is 5.77. The number of benzene rings is 2. The molecule has 1 amide bonds. The van der Waals surface area contributed by atoms with Crippen LogP contribution in [0.2, 0.25) is 0 Å². The number of ether oxygens (including phenoxy) is 1. The van der Waals surface area contributed by atoms with Crippen LogP contribution in [0.4, 0.5) is 5.95 Å². The Labute approximate surface area is 174 Å². The summed E-state index contributed by atoms with van der Waals surface area (Å²) in [5, 5.41) is 2.83. The van der Waals surface area contributed by atoms with Crippen molar-refractivity contribution < 1.29 is 14.3 Å². The molecule has 1 N–H and O–H groups in total. The van der Waals surface area contributed by atoms with E-state index in [-0.39, 0.29) is 17.8 Å². The van der Waals surface area contributed by atoms with Crippen molar-refractivity contribution in [2.45, 2.75) is 31.3 Å². The summed E-state index contributed by atoms with van der Waals surface area (Å²) in [6.07, 6.45) is 6.00. The summed E-state index contributed by atoms with van der Waals surface area (Å²) in [5.41, 5.74) is 2.94. The van der Waals surface area contributed by atoms with Gasteiger partial charge in [0.2, 0.25) is 11.9 Å². The number of esters is 1. The highest BCUT2D eigenvalue weighted by atomic mass is 16.6. The summed E-state index contributed by atoms with van der Waals surface area (Å²) >= 11 is 0. The molecule has 1 aliphatic heterocycles. The number of amides is 1. The third kappa shape index (κ3) is 3.24. The minimum Gasteiger partial charge on any atom is -0.451 e. The van der Waals surface area contributed by atoms with Crippen LogP contribution >= 0.6 is 0 Å². The molecule has 2 aliphatic rings. The van der Waals surface area contributed by atoms with Crippen LogP contribution in [0.5, 0.6) is 0 Å². The van der Waals surface area contributed by atoms with Crippen LogP contribution in [0.25, 0.3) is 11.1 Å².